The molecule has 0 radical (unpaired) electrons. The van der Waals surface area contributed by atoms with Crippen molar-refractivity contribution in [1.29, 1.82) is 0 Å². The van der Waals surface area contributed by atoms with Crippen LogP contribution in [0.25, 0.3) is 0 Å². The molecule has 1 aromatic rings. The Morgan fingerprint density at radius 1 is 1.35 bits per heavy atom. The molecule has 1 rings (SSSR count). The summed E-state index contributed by atoms with van der Waals surface area (Å²) < 4.78 is 5.62. The first-order valence-corrected chi connectivity index (χ1v) is 7.24. The van der Waals surface area contributed by atoms with Crippen LogP contribution in [0.2, 0.25) is 0 Å². The highest BCUT2D eigenvalue weighted by Gasteiger charge is 2.25. The molecule has 1 heterocycles. The van der Waals surface area contributed by atoms with Crippen LogP contribution in [0.5, 0.6) is 5.88 Å². The lowest BCUT2D eigenvalue weighted by atomic mass is 9.94. The topological polar surface area (TPSA) is 80.4 Å². The van der Waals surface area contributed by atoms with Gasteiger partial charge in [-0.25, -0.2) is 0 Å². The van der Waals surface area contributed by atoms with Crippen LogP contribution in [-0.4, -0.2) is 28.8 Å². The third-order valence-electron chi connectivity index (χ3n) is 3.49. The smallest absolute Gasteiger partial charge is 0.239 e. The van der Waals surface area contributed by atoms with Crippen molar-refractivity contribution in [2.75, 3.05) is 24.3 Å². The van der Waals surface area contributed by atoms with E-state index >= 15 is 0 Å². The van der Waals surface area contributed by atoms with Crippen LogP contribution in [-0.2, 0) is 0 Å². The molecule has 0 saturated heterocycles. The first kappa shape index (κ1) is 16.6. The van der Waals surface area contributed by atoms with E-state index in [0.29, 0.717) is 29.9 Å². The Balaban J connectivity index is 2.88. The fourth-order valence-corrected chi connectivity index (χ4v) is 1.84. The van der Waals surface area contributed by atoms with Crippen LogP contribution in [0.1, 0.15) is 40.5 Å². The number of pyridine rings is 1. The monoisotopic (exact) mass is 281 g/mol. The van der Waals surface area contributed by atoms with Gasteiger partial charge in [0.1, 0.15) is 5.82 Å². The van der Waals surface area contributed by atoms with E-state index in [1.54, 1.807) is 6.07 Å². The Labute approximate surface area is 121 Å². The standard InChI is InChI=1S/C15H27N3O2/c1-5-15(6-2,10-19)18-13-8-7-12(16)14(17-13)20-9-11(3)4/h7-8,11,19H,5-6,9-10,16H2,1-4H3,(H,17,18). The van der Waals surface area contributed by atoms with Crippen molar-refractivity contribution < 1.29 is 9.84 Å². The van der Waals surface area contributed by atoms with Crippen molar-refractivity contribution in [3.8, 4) is 5.88 Å². The largest absolute Gasteiger partial charge is 0.476 e. The van der Waals surface area contributed by atoms with Gasteiger partial charge in [-0.1, -0.05) is 27.7 Å². The molecule has 0 amide bonds. The molecular weight excluding hydrogens is 254 g/mol. The molecule has 5 heteroatoms. The number of aliphatic hydroxyl groups excluding tert-OH is 1. The molecule has 0 saturated carbocycles. The maximum Gasteiger partial charge on any atom is 0.239 e. The highest BCUT2D eigenvalue weighted by Crippen LogP contribution is 2.25. The van der Waals surface area contributed by atoms with Gasteiger partial charge in [0.05, 0.1) is 24.4 Å². The Hall–Kier alpha value is -1.49. The van der Waals surface area contributed by atoms with Crippen LogP contribution >= 0.6 is 0 Å². The fourth-order valence-electron chi connectivity index (χ4n) is 1.84. The van der Waals surface area contributed by atoms with Crippen LogP contribution in [0.3, 0.4) is 0 Å². The van der Waals surface area contributed by atoms with E-state index < -0.39 is 0 Å². The second-order valence-corrected chi connectivity index (χ2v) is 5.57. The highest BCUT2D eigenvalue weighted by molar-refractivity contribution is 5.54. The molecule has 0 spiro atoms. The van der Waals surface area contributed by atoms with Gasteiger partial charge < -0.3 is 20.9 Å². The summed E-state index contributed by atoms with van der Waals surface area (Å²) in [6.07, 6.45) is 1.63. The van der Waals surface area contributed by atoms with E-state index in [9.17, 15) is 5.11 Å². The number of ether oxygens (including phenoxy) is 1. The minimum atomic E-state index is -0.349. The number of hydrogen-bond acceptors (Lipinski definition) is 5. The Bertz CT molecular complexity index is 409. The number of rotatable bonds is 8. The predicted octanol–water partition coefficient (Wildman–Crippen LogP) is 2.66. The molecule has 4 N–H and O–H groups in total. The zero-order valence-corrected chi connectivity index (χ0v) is 12.9. The summed E-state index contributed by atoms with van der Waals surface area (Å²) in [6.45, 7) is 8.87. The predicted molar refractivity (Wildman–Crippen MR) is 83.0 cm³/mol. The normalized spacial score (nSPS) is 11.7. The molecule has 0 unspecified atom stereocenters. The lowest BCUT2D eigenvalue weighted by Crippen LogP contribution is -2.41. The number of hydrogen-bond donors (Lipinski definition) is 3. The number of nitrogens with two attached hydrogens (primary N) is 1. The van der Waals surface area contributed by atoms with E-state index in [1.807, 2.05) is 19.9 Å². The molecule has 0 fully saturated rings. The summed E-state index contributed by atoms with van der Waals surface area (Å²) in [7, 11) is 0. The zero-order chi connectivity index (χ0) is 15.2. The molecule has 0 aromatic carbocycles. The third kappa shape index (κ3) is 4.27. The molecule has 114 valence electrons. The van der Waals surface area contributed by atoms with E-state index in [1.165, 1.54) is 0 Å². The third-order valence-corrected chi connectivity index (χ3v) is 3.49. The van der Waals surface area contributed by atoms with Gasteiger partial charge in [0.2, 0.25) is 5.88 Å². The SMILES string of the molecule is CCC(CC)(CO)Nc1ccc(N)c(OCC(C)C)n1. The fraction of sp³-hybridized carbons (Fsp3) is 0.667. The first-order valence-electron chi connectivity index (χ1n) is 7.24. The first-order chi connectivity index (χ1) is 9.46. The average molecular weight is 281 g/mol. The summed E-state index contributed by atoms with van der Waals surface area (Å²) in [5.41, 5.74) is 6.05. The number of anilines is 2. The van der Waals surface area contributed by atoms with Gasteiger partial charge in [-0.2, -0.15) is 4.98 Å². The molecular formula is C15H27N3O2. The van der Waals surface area contributed by atoms with Crippen molar-refractivity contribution in [3.63, 3.8) is 0 Å². The van der Waals surface area contributed by atoms with Gasteiger partial charge in [-0.05, 0) is 30.9 Å². The Kier molecular flexibility index (Phi) is 6.07. The molecule has 20 heavy (non-hydrogen) atoms. The minimum Gasteiger partial charge on any atom is -0.476 e. The number of nitrogen functional groups attached to an aromatic ring is 1. The Morgan fingerprint density at radius 3 is 2.50 bits per heavy atom. The highest BCUT2D eigenvalue weighted by atomic mass is 16.5. The maximum absolute atomic E-state index is 9.59. The quantitative estimate of drug-likeness (QED) is 0.682. The second-order valence-electron chi connectivity index (χ2n) is 5.57. The zero-order valence-electron chi connectivity index (χ0n) is 12.9. The summed E-state index contributed by atoms with van der Waals surface area (Å²) in [6, 6.07) is 3.59. The van der Waals surface area contributed by atoms with Crippen molar-refractivity contribution in [1.82, 2.24) is 4.98 Å². The van der Waals surface area contributed by atoms with Crippen LogP contribution in [0.15, 0.2) is 12.1 Å². The summed E-state index contributed by atoms with van der Waals surface area (Å²) in [5, 5.41) is 12.9. The number of nitrogens with one attached hydrogen (secondary N) is 1. The van der Waals surface area contributed by atoms with Crippen LogP contribution < -0.4 is 15.8 Å². The van der Waals surface area contributed by atoms with Crippen LogP contribution in [0.4, 0.5) is 11.5 Å². The molecule has 0 aliphatic carbocycles. The van der Waals surface area contributed by atoms with Gasteiger partial charge in [-0.15, -0.1) is 0 Å². The average Bonchev–Trinajstić information content (AvgIpc) is 2.45. The summed E-state index contributed by atoms with van der Waals surface area (Å²) >= 11 is 0. The van der Waals surface area contributed by atoms with Crippen molar-refractivity contribution in [2.45, 2.75) is 46.1 Å². The molecule has 0 atom stereocenters. The second kappa shape index (κ2) is 7.33. The minimum absolute atomic E-state index is 0.0637. The molecule has 0 bridgehead atoms. The molecule has 1 aromatic heterocycles. The van der Waals surface area contributed by atoms with Gasteiger partial charge in [-0.3, -0.25) is 0 Å². The lowest BCUT2D eigenvalue weighted by molar-refractivity contribution is 0.202. The van der Waals surface area contributed by atoms with E-state index in [2.05, 4.69) is 24.1 Å². The van der Waals surface area contributed by atoms with Crippen molar-refractivity contribution in [3.05, 3.63) is 12.1 Å². The molecule has 5 nitrogen and oxygen atoms in total. The van der Waals surface area contributed by atoms with Gasteiger partial charge in [0, 0.05) is 0 Å². The Morgan fingerprint density at radius 2 is 2.00 bits per heavy atom. The number of aliphatic hydroxyl groups is 1. The number of nitrogens with zero attached hydrogens (tertiary/aromatic N) is 1. The van der Waals surface area contributed by atoms with Crippen LogP contribution in [0, 0.1) is 5.92 Å². The maximum atomic E-state index is 9.59. The molecule has 0 aliphatic heterocycles. The van der Waals surface area contributed by atoms with E-state index in [0.717, 1.165) is 12.8 Å². The van der Waals surface area contributed by atoms with Gasteiger partial charge in [0.15, 0.2) is 0 Å². The summed E-state index contributed by atoms with van der Waals surface area (Å²) in [4.78, 5) is 4.40. The van der Waals surface area contributed by atoms with Crippen molar-refractivity contribution >= 4 is 11.5 Å². The van der Waals surface area contributed by atoms with Crippen molar-refractivity contribution in [2.24, 2.45) is 5.92 Å². The lowest BCUT2D eigenvalue weighted by Gasteiger charge is -2.31. The van der Waals surface area contributed by atoms with Gasteiger partial charge in [0.25, 0.3) is 0 Å². The molecule has 0 aliphatic rings. The van der Waals surface area contributed by atoms with E-state index in [-0.39, 0.29) is 12.1 Å². The number of aromatic nitrogens is 1. The van der Waals surface area contributed by atoms with E-state index in [4.69, 9.17) is 10.5 Å². The van der Waals surface area contributed by atoms with Gasteiger partial charge >= 0.3 is 0 Å². The summed E-state index contributed by atoms with van der Waals surface area (Å²) in [5.74, 6) is 1.54.